The van der Waals surface area contributed by atoms with Crippen molar-refractivity contribution in [1.29, 1.82) is 0 Å². The molecule has 2 rings (SSSR count). The molecule has 0 unspecified atom stereocenters. The van der Waals surface area contributed by atoms with E-state index in [2.05, 4.69) is 4.90 Å². The average Bonchev–Trinajstić information content (AvgIpc) is 2.40. The quantitative estimate of drug-likeness (QED) is 0.775. The molecule has 19 heavy (non-hydrogen) atoms. The van der Waals surface area contributed by atoms with Crippen LogP contribution in [0.2, 0.25) is 0 Å². The summed E-state index contributed by atoms with van der Waals surface area (Å²) < 4.78 is 1.62. The van der Waals surface area contributed by atoms with E-state index in [1.54, 1.807) is 16.8 Å². The zero-order chi connectivity index (χ0) is 13.8. The summed E-state index contributed by atoms with van der Waals surface area (Å²) in [7, 11) is 0. The van der Waals surface area contributed by atoms with Gasteiger partial charge in [0, 0.05) is 37.0 Å². The Morgan fingerprint density at radius 3 is 2.58 bits per heavy atom. The maximum absolute atomic E-state index is 11.6. The molecule has 1 saturated heterocycles. The number of aromatic nitrogens is 1. The van der Waals surface area contributed by atoms with Crippen molar-refractivity contribution in [1.82, 2.24) is 9.47 Å². The van der Waals surface area contributed by atoms with Crippen molar-refractivity contribution in [2.75, 3.05) is 25.4 Å². The molecule has 0 spiro atoms. The molecule has 6 nitrogen and oxygen atoms in total. The molecule has 0 bridgehead atoms. The van der Waals surface area contributed by atoms with Gasteiger partial charge in [-0.3, -0.25) is 9.59 Å². The summed E-state index contributed by atoms with van der Waals surface area (Å²) >= 11 is 0. The van der Waals surface area contributed by atoms with Crippen molar-refractivity contribution in [3.63, 3.8) is 0 Å². The fourth-order valence-electron chi connectivity index (χ4n) is 2.41. The number of carbonyl (C=O) groups excluding carboxylic acids is 1. The van der Waals surface area contributed by atoms with Gasteiger partial charge in [0.05, 0.1) is 0 Å². The second-order valence-electron chi connectivity index (χ2n) is 5.01. The highest BCUT2D eigenvalue weighted by Gasteiger charge is 2.22. The predicted octanol–water partition coefficient (Wildman–Crippen LogP) is -0.372. The molecule has 0 atom stereocenters. The lowest BCUT2D eigenvalue weighted by Gasteiger charge is -2.30. The first kappa shape index (κ1) is 13.6. The maximum atomic E-state index is 11.6. The number of nitrogens with zero attached hydrogens (tertiary/aromatic N) is 2. The largest absolute Gasteiger partial charge is 0.398 e. The smallest absolute Gasteiger partial charge is 0.250 e. The van der Waals surface area contributed by atoms with Crippen molar-refractivity contribution >= 4 is 11.6 Å². The molecule has 1 aromatic rings. The lowest BCUT2D eigenvalue weighted by Crippen LogP contribution is -2.40. The molecular weight excluding hydrogens is 244 g/mol. The second-order valence-corrected chi connectivity index (χ2v) is 5.01. The Labute approximate surface area is 112 Å². The summed E-state index contributed by atoms with van der Waals surface area (Å²) in [5, 5.41) is 0. The monoisotopic (exact) mass is 264 g/mol. The van der Waals surface area contributed by atoms with E-state index < -0.39 is 0 Å². The van der Waals surface area contributed by atoms with Crippen LogP contribution in [0.15, 0.2) is 23.1 Å². The maximum Gasteiger partial charge on any atom is 0.250 e. The Morgan fingerprint density at radius 1 is 1.26 bits per heavy atom. The van der Waals surface area contributed by atoms with Crippen LogP contribution in [0.3, 0.4) is 0 Å². The van der Waals surface area contributed by atoms with Crippen molar-refractivity contribution in [2.45, 2.75) is 19.4 Å². The van der Waals surface area contributed by atoms with E-state index in [1.807, 2.05) is 0 Å². The Kier molecular flexibility index (Phi) is 4.21. The first-order valence-corrected chi connectivity index (χ1v) is 6.54. The molecule has 1 fully saturated rings. The molecule has 1 aliphatic rings. The number of primary amides is 1. The van der Waals surface area contributed by atoms with Crippen LogP contribution in [-0.2, 0) is 11.3 Å². The third-order valence-electron chi connectivity index (χ3n) is 3.65. The topological polar surface area (TPSA) is 94.3 Å². The summed E-state index contributed by atoms with van der Waals surface area (Å²) in [5.41, 5.74) is 11.5. The van der Waals surface area contributed by atoms with E-state index in [1.165, 1.54) is 6.07 Å². The third-order valence-corrected chi connectivity index (χ3v) is 3.65. The van der Waals surface area contributed by atoms with Gasteiger partial charge in [-0.25, -0.2) is 0 Å². The summed E-state index contributed by atoms with van der Waals surface area (Å²) in [4.78, 5) is 24.9. The summed E-state index contributed by atoms with van der Waals surface area (Å²) in [6.07, 6.45) is 3.28. The molecule has 0 radical (unpaired) electrons. The van der Waals surface area contributed by atoms with Crippen molar-refractivity contribution in [2.24, 2.45) is 11.7 Å². The number of piperidine rings is 1. The van der Waals surface area contributed by atoms with Gasteiger partial charge in [-0.1, -0.05) is 0 Å². The van der Waals surface area contributed by atoms with E-state index in [0.717, 1.165) is 32.5 Å². The lowest BCUT2D eigenvalue weighted by molar-refractivity contribution is -0.123. The minimum absolute atomic E-state index is 0.00587. The van der Waals surface area contributed by atoms with Crippen molar-refractivity contribution in [3.8, 4) is 0 Å². The Hall–Kier alpha value is -1.82. The van der Waals surface area contributed by atoms with E-state index in [9.17, 15) is 9.59 Å². The van der Waals surface area contributed by atoms with Crippen molar-refractivity contribution in [3.05, 3.63) is 28.7 Å². The van der Waals surface area contributed by atoms with Gasteiger partial charge >= 0.3 is 0 Å². The Bertz CT molecular complexity index is 504. The number of rotatable bonds is 4. The number of likely N-dealkylation sites (tertiary alicyclic amines) is 1. The molecular formula is C13H20N4O2. The normalized spacial score (nSPS) is 17.5. The molecule has 6 heteroatoms. The van der Waals surface area contributed by atoms with Gasteiger partial charge in [0.2, 0.25) is 5.91 Å². The number of anilines is 1. The van der Waals surface area contributed by atoms with Gasteiger partial charge in [0.25, 0.3) is 5.56 Å². The molecule has 104 valence electrons. The molecule has 0 aliphatic carbocycles. The van der Waals surface area contributed by atoms with Crippen LogP contribution in [-0.4, -0.2) is 35.0 Å². The standard InChI is InChI=1S/C13H20N4O2/c14-11-1-2-12(18)17(9-11)8-7-16-5-3-10(4-6-16)13(15)19/h1-2,9-10H,3-8,14H2,(H2,15,19). The van der Waals surface area contributed by atoms with E-state index in [0.29, 0.717) is 12.2 Å². The van der Waals surface area contributed by atoms with Gasteiger partial charge in [0.15, 0.2) is 0 Å². The fourth-order valence-corrected chi connectivity index (χ4v) is 2.41. The van der Waals surface area contributed by atoms with Gasteiger partial charge in [-0.2, -0.15) is 0 Å². The number of carbonyl (C=O) groups is 1. The number of hydrogen-bond acceptors (Lipinski definition) is 4. The molecule has 1 amide bonds. The van der Waals surface area contributed by atoms with Crippen LogP contribution in [0.25, 0.3) is 0 Å². The van der Waals surface area contributed by atoms with Gasteiger partial charge in [-0.15, -0.1) is 0 Å². The van der Waals surface area contributed by atoms with E-state index >= 15 is 0 Å². The highest BCUT2D eigenvalue weighted by Crippen LogP contribution is 2.16. The SMILES string of the molecule is NC(=O)C1CCN(CCn2cc(N)ccc2=O)CC1. The van der Waals surface area contributed by atoms with Crippen LogP contribution in [0.5, 0.6) is 0 Å². The summed E-state index contributed by atoms with van der Waals surface area (Å²) in [6, 6.07) is 3.09. The van der Waals surface area contributed by atoms with Gasteiger partial charge in [-0.05, 0) is 32.0 Å². The highest BCUT2D eigenvalue weighted by molar-refractivity contribution is 5.76. The molecule has 1 aliphatic heterocycles. The average molecular weight is 264 g/mol. The lowest BCUT2D eigenvalue weighted by atomic mass is 9.96. The number of nitrogen functional groups attached to an aromatic ring is 1. The minimum Gasteiger partial charge on any atom is -0.398 e. The van der Waals surface area contributed by atoms with Crippen LogP contribution in [0.1, 0.15) is 12.8 Å². The number of pyridine rings is 1. The van der Waals surface area contributed by atoms with E-state index in [4.69, 9.17) is 11.5 Å². The van der Waals surface area contributed by atoms with Crippen LogP contribution in [0.4, 0.5) is 5.69 Å². The minimum atomic E-state index is -0.202. The molecule has 0 saturated carbocycles. The zero-order valence-corrected chi connectivity index (χ0v) is 10.9. The van der Waals surface area contributed by atoms with Gasteiger partial charge < -0.3 is 20.9 Å². The fraction of sp³-hybridized carbons (Fsp3) is 0.538. The molecule has 0 aromatic carbocycles. The molecule has 1 aromatic heterocycles. The predicted molar refractivity (Wildman–Crippen MR) is 73.5 cm³/mol. The highest BCUT2D eigenvalue weighted by atomic mass is 16.1. The Morgan fingerprint density at radius 2 is 1.95 bits per heavy atom. The summed E-state index contributed by atoms with van der Waals surface area (Å²) in [5.74, 6) is -0.196. The third kappa shape index (κ3) is 3.57. The Balaban J connectivity index is 1.85. The first-order chi connectivity index (χ1) is 9.06. The summed E-state index contributed by atoms with van der Waals surface area (Å²) in [6.45, 7) is 3.11. The van der Waals surface area contributed by atoms with E-state index in [-0.39, 0.29) is 17.4 Å². The molecule has 2 heterocycles. The second kappa shape index (κ2) is 5.88. The number of nitrogens with two attached hydrogens (primary N) is 2. The zero-order valence-electron chi connectivity index (χ0n) is 10.9. The van der Waals surface area contributed by atoms with Crippen LogP contribution in [0, 0.1) is 5.92 Å². The van der Waals surface area contributed by atoms with Gasteiger partial charge in [0.1, 0.15) is 0 Å². The first-order valence-electron chi connectivity index (χ1n) is 6.54. The van der Waals surface area contributed by atoms with Crippen molar-refractivity contribution < 1.29 is 4.79 Å². The number of amides is 1. The molecule has 4 N–H and O–H groups in total. The van der Waals surface area contributed by atoms with Crippen LogP contribution < -0.4 is 17.0 Å². The van der Waals surface area contributed by atoms with Crippen LogP contribution >= 0.6 is 0 Å². The number of hydrogen-bond donors (Lipinski definition) is 2.